The van der Waals surface area contributed by atoms with Crippen LogP contribution in [0.5, 0.6) is 5.75 Å². The second kappa shape index (κ2) is 5.31. The smallest absolute Gasteiger partial charge is 0.406 e. The number of nitrogens with zero attached hydrogens (tertiary/aromatic N) is 1. The Bertz CT molecular complexity index is 669. The maximum atomic E-state index is 12.0. The topological polar surface area (TPSA) is 78.4 Å². The molecule has 0 saturated carbocycles. The molecule has 0 amide bonds. The third-order valence-electron chi connectivity index (χ3n) is 2.65. The van der Waals surface area contributed by atoms with Crippen molar-refractivity contribution in [3.8, 4) is 16.9 Å². The van der Waals surface area contributed by atoms with E-state index in [2.05, 4.69) is 4.74 Å². The molecule has 0 saturated heterocycles. The van der Waals surface area contributed by atoms with Crippen LogP contribution in [0.2, 0.25) is 0 Å². The number of nitrogen functional groups attached to an aromatic ring is 1. The first kappa shape index (κ1) is 14.6. The predicted octanol–water partition coefficient (Wildman–Crippen LogP) is 3.74. The van der Waals surface area contributed by atoms with Crippen molar-refractivity contribution in [1.29, 1.82) is 0 Å². The van der Waals surface area contributed by atoms with Crippen molar-refractivity contribution < 1.29 is 22.8 Å². The molecule has 0 fully saturated rings. The van der Waals surface area contributed by atoms with Gasteiger partial charge in [0.25, 0.3) is 5.69 Å². The molecule has 2 rings (SSSR count). The minimum absolute atomic E-state index is 0.0203. The zero-order valence-electron chi connectivity index (χ0n) is 10.4. The van der Waals surface area contributed by atoms with Crippen molar-refractivity contribution in [2.45, 2.75) is 6.36 Å². The summed E-state index contributed by atoms with van der Waals surface area (Å²) < 4.78 is 39.9. The minimum atomic E-state index is -4.75. The zero-order valence-corrected chi connectivity index (χ0v) is 10.4. The van der Waals surface area contributed by atoms with E-state index in [0.717, 1.165) is 12.1 Å². The van der Waals surface area contributed by atoms with Crippen molar-refractivity contribution in [3.63, 3.8) is 0 Å². The fourth-order valence-electron chi connectivity index (χ4n) is 1.75. The normalized spacial score (nSPS) is 11.2. The van der Waals surface area contributed by atoms with Gasteiger partial charge in [0.1, 0.15) is 11.4 Å². The highest BCUT2D eigenvalue weighted by atomic mass is 19.4. The van der Waals surface area contributed by atoms with Crippen molar-refractivity contribution in [1.82, 2.24) is 0 Å². The van der Waals surface area contributed by atoms with Crippen LogP contribution in [0.3, 0.4) is 0 Å². The maximum Gasteiger partial charge on any atom is 0.573 e. The van der Waals surface area contributed by atoms with Crippen LogP contribution in [0.4, 0.5) is 24.5 Å². The van der Waals surface area contributed by atoms with Gasteiger partial charge in [0, 0.05) is 6.07 Å². The van der Waals surface area contributed by atoms with Gasteiger partial charge in [-0.15, -0.1) is 13.2 Å². The molecule has 0 radical (unpaired) electrons. The lowest BCUT2D eigenvalue weighted by molar-refractivity contribution is -0.383. The largest absolute Gasteiger partial charge is 0.573 e. The second-order valence-electron chi connectivity index (χ2n) is 4.10. The molecule has 0 bridgehead atoms. The molecular formula is C13H9F3N2O3. The number of benzene rings is 2. The monoisotopic (exact) mass is 298 g/mol. The summed E-state index contributed by atoms with van der Waals surface area (Å²) in [6.45, 7) is 0. The fraction of sp³-hybridized carbons (Fsp3) is 0.0769. The van der Waals surface area contributed by atoms with E-state index in [-0.39, 0.29) is 17.1 Å². The molecule has 0 aliphatic heterocycles. The summed E-state index contributed by atoms with van der Waals surface area (Å²) >= 11 is 0. The number of nitrogens with two attached hydrogens (primary N) is 1. The van der Waals surface area contributed by atoms with E-state index in [9.17, 15) is 23.3 Å². The van der Waals surface area contributed by atoms with Crippen molar-refractivity contribution >= 4 is 11.4 Å². The van der Waals surface area contributed by atoms with Gasteiger partial charge < -0.3 is 10.5 Å². The van der Waals surface area contributed by atoms with Crippen LogP contribution >= 0.6 is 0 Å². The number of nitro groups is 1. The van der Waals surface area contributed by atoms with Crippen molar-refractivity contribution in [3.05, 3.63) is 52.6 Å². The van der Waals surface area contributed by atoms with Gasteiger partial charge >= 0.3 is 6.36 Å². The van der Waals surface area contributed by atoms with Gasteiger partial charge in [-0.2, -0.15) is 0 Å². The van der Waals surface area contributed by atoms with Gasteiger partial charge in [0.2, 0.25) is 0 Å². The number of hydrogen-bond donors (Lipinski definition) is 1. The molecule has 0 spiro atoms. The van der Waals surface area contributed by atoms with Gasteiger partial charge in [-0.25, -0.2) is 0 Å². The summed E-state index contributed by atoms with van der Waals surface area (Å²) in [5.41, 5.74) is 6.42. The number of nitro benzene ring substituents is 1. The van der Waals surface area contributed by atoms with Crippen LogP contribution in [-0.4, -0.2) is 11.3 Å². The highest BCUT2D eigenvalue weighted by Crippen LogP contribution is 2.30. The predicted molar refractivity (Wildman–Crippen MR) is 69.6 cm³/mol. The Hall–Kier alpha value is -2.77. The second-order valence-corrected chi connectivity index (χ2v) is 4.10. The lowest BCUT2D eigenvalue weighted by Gasteiger charge is -2.09. The molecular weight excluding hydrogens is 289 g/mol. The van der Waals surface area contributed by atoms with E-state index in [1.165, 1.54) is 30.3 Å². The van der Waals surface area contributed by atoms with Gasteiger partial charge in [-0.1, -0.05) is 12.1 Å². The lowest BCUT2D eigenvalue weighted by atomic mass is 10.0. The number of anilines is 1. The summed E-state index contributed by atoms with van der Waals surface area (Å²) in [6.07, 6.45) is -4.75. The molecule has 5 nitrogen and oxygen atoms in total. The maximum absolute atomic E-state index is 12.0. The highest BCUT2D eigenvalue weighted by Gasteiger charge is 2.30. The molecule has 0 unspecified atom stereocenters. The quantitative estimate of drug-likeness (QED) is 0.532. The van der Waals surface area contributed by atoms with Crippen LogP contribution in [0.15, 0.2) is 42.5 Å². The third kappa shape index (κ3) is 3.62. The molecule has 2 aromatic carbocycles. The average Bonchev–Trinajstić information content (AvgIpc) is 2.37. The standard InChI is InChI=1S/C13H9F3N2O3/c14-13(15,16)21-10-4-1-8(2-5-10)9-3-6-12(18(19)20)11(17)7-9/h1-7H,17H2. The molecule has 8 heteroatoms. The highest BCUT2D eigenvalue weighted by molar-refractivity contribution is 5.72. The summed E-state index contributed by atoms with van der Waals surface area (Å²) in [4.78, 5) is 10.0. The van der Waals surface area contributed by atoms with E-state index < -0.39 is 11.3 Å². The summed E-state index contributed by atoms with van der Waals surface area (Å²) in [6, 6.07) is 9.21. The van der Waals surface area contributed by atoms with Crippen molar-refractivity contribution in [2.75, 3.05) is 5.73 Å². The van der Waals surface area contributed by atoms with E-state index in [1.54, 1.807) is 0 Å². The third-order valence-corrected chi connectivity index (χ3v) is 2.65. The van der Waals surface area contributed by atoms with Crippen LogP contribution in [-0.2, 0) is 0 Å². The summed E-state index contributed by atoms with van der Waals surface area (Å²) in [5, 5.41) is 10.6. The van der Waals surface area contributed by atoms with Crippen LogP contribution < -0.4 is 10.5 Å². The first-order chi connectivity index (χ1) is 9.76. The molecule has 21 heavy (non-hydrogen) atoms. The Balaban J connectivity index is 2.27. The Labute approximate surface area is 116 Å². The Morgan fingerprint density at radius 1 is 1.05 bits per heavy atom. The Kier molecular flexibility index (Phi) is 3.70. The lowest BCUT2D eigenvalue weighted by Crippen LogP contribution is -2.16. The minimum Gasteiger partial charge on any atom is -0.406 e. The zero-order chi connectivity index (χ0) is 15.6. The SMILES string of the molecule is Nc1cc(-c2ccc(OC(F)(F)F)cc2)ccc1[N+](=O)[O-]. The van der Waals surface area contributed by atoms with E-state index in [4.69, 9.17) is 5.73 Å². The molecule has 0 heterocycles. The number of halogens is 3. The molecule has 0 aromatic heterocycles. The number of alkyl halides is 3. The Morgan fingerprint density at radius 2 is 1.62 bits per heavy atom. The summed E-state index contributed by atoms with van der Waals surface area (Å²) in [7, 11) is 0. The first-order valence-corrected chi connectivity index (χ1v) is 5.66. The van der Waals surface area contributed by atoms with E-state index >= 15 is 0 Å². The number of hydrogen-bond acceptors (Lipinski definition) is 4. The molecule has 110 valence electrons. The Morgan fingerprint density at radius 3 is 2.10 bits per heavy atom. The van der Waals surface area contributed by atoms with Gasteiger partial charge in [0.15, 0.2) is 0 Å². The van der Waals surface area contributed by atoms with Crippen LogP contribution in [0.1, 0.15) is 0 Å². The van der Waals surface area contributed by atoms with Crippen molar-refractivity contribution in [2.24, 2.45) is 0 Å². The van der Waals surface area contributed by atoms with E-state index in [0.29, 0.717) is 11.1 Å². The molecule has 0 atom stereocenters. The molecule has 2 aromatic rings. The molecule has 2 N–H and O–H groups in total. The molecule has 0 aliphatic rings. The number of ether oxygens (including phenoxy) is 1. The fourth-order valence-corrected chi connectivity index (χ4v) is 1.75. The number of rotatable bonds is 3. The van der Waals surface area contributed by atoms with E-state index in [1.807, 2.05) is 0 Å². The average molecular weight is 298 g/mol. The van der Waals surface area contributed by atoms with Crippen LogP contribution in [0.25, 0.3) is 11.1 Å². The van der Waals surface area contributed by atoms with Gasteiger partial charge in [0.05, 0.1) is 4.92 Å². The first-order valence-electron chi connectivity index (χ1n) is 5.66. The van der Waals surface area contributed by atoms with Gasteiger partial charge in [-0.05, 0) is 35.4 Å². The van der Waals surface area contributed by atoms with Gasteiger partial charge in [-0.3, -0.25) is 10.1 Å². The van der Waals surface area contributed by atoms with Crippen LogP contribution in [0, 0.1) is 10.1 Å². The molecule has 0 aliphatic carbocycles. The summed E-state index contributed by atoms with van der Waals surface area (Å²) in [5.74, 6) is -0.346.